The predicted octanol–water partition coefficient (Wildman–Crippen LogP) is 2.08. The Bertz CT molecular complexity index is 578. The van der Waals surface area contributed by atoms with Crippen molar-refractivity contribution in [1.29, 1.82) is 0 Å². The molecule has 0 aromatic carbocycles. The van der Waals surface area contributed by atoms with E-state index in [2.05, 4.69) is 37.7 Å². The third-order valence-electron chi connectivity index (χ3n) is 3.84. The van der Waals surface area contributed by atoms with Gasteiger partial charge in [0.1, 0.15) is 0 Å². The first-order valence-corrected chi connectivity index (χ1v) is 9.26. The molecule has 0 amide bonds. The quantitative estimate of drug-likeness (QED) is 0.772. The van der Waals surface area contributed by atoms with Crippen molar-refractivity contribution in [1.82, 2.24) is 14.6 Å². The van der Waals surface area contributed by atoms with Gasteiger partial charge in [0, 0.05) is 37.1 Å². The molecule has 1 saturated carbocycles. The summed E-state index contributed by atoms with van der Waals surface area (Å²) in [5, 5.41) is 3.35. The summed E-state index contributed by atoms with van der Waals surface area (Å²) >= 11 is 0. The van der Waals surface area contributed by atoms with E-state index in [1.54, 1.807) is 12.3 Å². The highest BCUT2D eigenvalue weighted by Gasteiger charge is 2.36. The summed E-state index contributed by atoms with van der Waals surface area (Å²) in [7, 11) is -3.39. The van der Waals surface area contributed by atoms with Crippen molar-refractivity contribution in [2.24, 2.45) is 5.92 Å². The maximum atomic E-state index is 12.4. The van der Waals surface area contributed by atoms with E-state index >= 15 is 0 Å². The molecule has 1 heterocycles. The van der Waals surface area contributed by atoms with Gasteiger partial charge in [0.05, 0.1) is 4.90 Å². The second kappa shape index (κ2) is 6.50. The zero-order chi connectivity index (χ0) is 15.6. The third-order valence-corrected chi connectivity index (χ3v) is 5.30. The van der Waals surface area contributed by atoms with Crippen molar-refractivity contribution in [3.05, 3.63) is 18.0 Å². The van der Waals surface area contributed by atoms with Crippen LogP contribution in [0.3, 0.4) is 0 Å². The van der Waals surface area contributed by atoms with Crippen molar-refractivity contribution in [2.75, 3.05) is 0 Å². The Morgan fingerprint density at radius 3 is 2.62 bits per heavy atom. The molecule has 1 aromatic heterocycles. The number of hydrogen-bond donors (Lipinski definition) is 2. The lowest BCUT2D eigenvalue weighted by Crippen LogP contribution is -2.26. The molecule has 0 radical (unpaired) electrons. The minimum Gasteiger partial charge on any atom is -0.349 e. The molecular weight excluding hydrogens is 286 g/mol. The van der Waals surface area contributed by atoms with E-state index in [1.807, 2.05) is 4.57 Å². The SMILES string of the molecule is CCCn1cc(S(=O)(=O)NC2CC2C)cc1CNC(C)C. The number of nitrogens with one attached hydrogen (secondary N) is 2. The summed E-state index contributed by atoms with van der Waals surface area (Å²) in [5.41, 5.74) is 1.02. The highest BCUT2D eigenvalue weighted by molar-refractivity contribution is 7.89. The molecule has 2 unspecified atom stereocenters. The van der Waals surface area contributed by atoms with Crippen LogP contribution in [-0.2, 0) is 23.1 Å². The van der Waals surface area contributed by atoms with E-state index in [0.717, 1.165) is 25.1 Å². The first-order valence-electron chi connectivity index (χ1n) is 7.78. The van der Waals surface area contributed by atoms with E-state index in [1.165, 1.54) is 0 Å². The van der Waals surface area contributed by atoms with Gasteiger partial charge in [0.25, 0.3) is 0 Å². The second-order valence-corrected chi connectivity index (χ2v) is 8.05. The predicted molar refractivity (Wildman–Crippen MR) is 84.6 cm³/mol. The van der Waals surface area contributed by atoms with E-state index in [0.29, 0.717) is 23.4 Å². The molecule has 2 rings (SSSR count). The number of rotatable bonds is 8. The molecule has 1 fully saturated rings. The van der Waals surface area contributed by atoms with Crippen molar-refractivity contribution in [3.63, 3.8) is 0 Å². The molecule has 0 bridgehead atoms. The van der Waals surface area contributed by atoms with Crippen molar-refractivity contribution < 1.29 is 8.42 Å². The lowest BCUT2D eigenvalue weighted by molar-refractivity contribution is 0.551. The van der Waals surface area contributed by atoms with Gasteiger partial charge in [-0.2, -0.15) is 0 Å². The van der Waals surface area contributed by atoms with Crippen LogP contribution in [0, 0.1) is 5.92 Å². The lowest BCUT2D eigenvalue weighted by atomic mass is 10.3. The highest BCUT2D eigenvalue weighted by atomic mass is 32.2. The molecule has 2 N–H and O–H groups in total. The van der Waals surface area contributed by atoms with E-state index in [9.17, 15) is 8.42 Å². The van der Waals surface area contributed by atoms with Crippen LogP contribution in [0.15, 0.2) is 17.2 Å². The molecule has 0 spiro atoms. The van der Waals surface area contributed by atoms with Gasteiger partial charge in [-0.15, -0.1) is 0 Å². The normalized spacial score (nSPS) is 22.0. The largest absolute Gasteiger partial charge is 0.349 e. The van der Waals surface area contributed by atoms with Crippen LogP contribution in [0.1, 0.15) is 46.2 Å². The summed E-state index contributed by atoms with van der Waals surface area (Å²) in [4.78, 5) is 0.385. The fourth-order valence-electron chi connectivity index (χ4n) is 2.33. The topological polar surface area (TPSA) is 63.1 Å². The minimum atomic E-state index is -3.39. The van der Waals surface area contributed by atoms with Gasteiger partial charge in [0.2, 0.25) is 10.0 Å². The Morgan fingerprint density at radius 1 is 1.43 bits per heavy atom. The Hall–Kier alpha value is -0.850. The van der Waals surface area contributed by atoms with Gasteiger partial charge in [0.15, 0.2) is 0 Å². The van der Waals surface area contributed by atoms with Gasteiger partial charge in [-0.05, 0) is 24.8 Å². The van der Waals surface area contributed by atoms with E-state index < -0.39 is 10.0 Å². The first kappa shape index (κ1) is 16.5. The zero-order valence-corrected chi connectivity index (χ0v) is 14.2. The maximum Gasteiger partial charge on any atom is 0.242 e. The first-order chi connectivity index (χ1) is 9.83. The molecule has 1 aromatic rings. The fraction of sp³-hybridized carbons (Fsp3) is 0.733. The Labute approximate surface area is 128 Å². The van der Waals surface area contributed by atoms with Crippen molar-refractivity contribution in [2.45, 2.75) is 70.6 Å². The summed E-state index contributed by atoms with van der Waals surface area (Å²) in [6.45, 7) is 9.85. The average Bonchev–Trinajstić information content (AvgIpc) is 2.89. The maximum absolute atomic E-state index is 12.4. The lowest BCUT2D eigenvalue weighted by Gasteiger charge is -2.10. The molecule has 2 atom stereocenters. The van der Waals surface area contributed by atoms with Gasteiger partial charge in [-0.1, -0.05) is 27.7 Å². The molecule has 5 nitrogen and oxygen atoms in total. The summed E-state index contributed by atoms with van der Waals surface area (Å²) in [6, 6.07) is 2.28. The Morgan fingerprint density at radius 2 is 2.10 bits per heavy atom. The molecular formula is C15H27N3O2S. The van der Waals surface area contributed by atoms with Crippen LogP contribution in [0.2, 0.25) is 0 Å². The smallest absolute Gasteiger partial charge is 0.242 e. The summed E-state index contributed by atoms with van der Waals surface area (Å²) in [5.74, 6) is 0.458. The van der Waals surface area contributed by atoms with Gasteiger partial charge < -0.3 is 9.88 Å². The number of hydrogen-bond acceptors (Lipinski definition) is 3. The molecule has 0 saturated heterocycles. The Kier molecular flexibility index (Phi) is 5.11. The highest BCUT2D eigenvalue weighted by Crippen LogP contribution is 2.31. The van der Waals surface area contributed by atoms with Crippen LogP contribution in [-0.4, -0.2) is 25.1 Å². The average molecular weight is 313 g/mol. The van der Waals surface area contributed by atoms with Crippen LogP contribution in [0.25, 0.3) is 0 Å². The zero-order valence-electron chi connectivity index (χ0n) is 13.4. The molecule has 0 aliphatic heterocycles. The number of sulfonamides is 1. The molecule has 21 heavy (non-hydrogen) atoms. The minimum absolute atomic E-state index is 0.113. The van der Waals surface area contributed by atoms with Crippen molar-refractivity contribution in [3.8, 4) is 0 Å². The third kappa shape index (κ3) is 4.31. The van der Waals surface area contributed by atoms with E-state index in [4.69, 9.17) is 0 Å². The van der Waals surface area contributed by atoms with Gasteiger partial charge in [-0.25, -0.2) is 13.1 Å². The van der Waals surface area contributed by atoms with Gasteiger partial charge in [-0.3, -0.25) is 0 Å². The number of nitrogens with zero attached hydrogens (tertiary/aromatic N) is 1. The second-order valence-electron chi connectivity index (χ2n) is 6.34. The number of aromatic nitrogens is 1. The van der Waals surface area contributed by atoms with E-state index in [-0.39, 0.29) is 6.04 Å². The van der Waals surface area contributed by atoms with Crippen molar-refractivity contribution >= 4 is 10.0 Å². The molecule has 1 aliphatic rings. The van der Waals surface area contributed by atoms with Crippen LogP contribution in [0.5, 0.6) is 0 Å². The number of aryl methyl sites for hydroxylation is 1. The monoisotopic (exact) mass is 313 g/mol. The van der Waals surface area contributed by atoms with Crippen LogP contribution >= 0.6 is 0 Å². The van der Waals surface area contributed by atoms with Crippen LogP contribution < -0.4 is 10.0 Å². The summed E-state index contributed by atoms with van der Waals surface area (Å²) < 4.78 is 29.6. The Balaban J connectivity index is 2.17. The van der Waals surface area contributed by atoms with Gasteiger partial charge >= 0.3 is 0 Å². The molecule has 6 heteroatoms. The molecule has 1 aliphatic carbocycles. The fourth-order valence-corrected chi connectivity index (χ4v) is 3.75. The molecule has 120 valence electrons. The summed E-state index contributed by atoms with van der Waals surface area (Å²) in [6.07, 6.45) is 3.68. The van der Waals surface area contributed by atoms with Crippen LogP contribution in [0.4, 0.5) is 0 Å². The standard InChI is InChI=1S/C15H27N3O2S/c1-5-6-18-10-14(8-13(18)9-16-11(2)3)21(19,20)17-15-7-12(15)4/h8,10-12,15-17H,5-7,9H2,1-4H3.